The van der Waals surface area contributed by atoms with Crippen molar-refractivity contribution in [2.24, 2.45) is 0 Å². The van der Waals surface area contributed by atoms with Gasteiger partial charge in [0.05, 0.1) is 4.92 Å². The molecule has 2 rings (SSSR count). The first-order valence-corrected chi connectivity index (χ1v) is 8.65. The van der Waals surface area contributed by atoms with Gasteiger partial charge in [0.1, 0.15) is 0 Å². The summed E-state index contributed by atoms with van der Waals surface area (Å²) in [5, 5.41) is 17.6. The van der Waals surface area contributed by atoms with E-state index in [1.165, 1.54) is 23.3 Å². The second-order valence-corrected chi connectivity index (χ2v) is 6.92. The average molecular weight is 357 g/mol. The van der Waals surface area contributed by atoms with Crippen LogP contribution >= 0.6 is 12.2 Å². The summed E-state index contributed by atoms with van der Waals surface area (Å²) in [6.45, 7) is 8.56. The molecule has 2 aromatic rings. The van der Waals surface area contributed by atoms with E-state index in [1.54, 1.807) is 12.1 Å². The first kappa shape index (κ1) is 18.9. The van der Waals surface area contributed by atoms with E-state index < -0.39 is 4.92 Å². The number of nitrogens with zero attached hydrogens (tertiary/aromatic N) is 1. The van der Waals surface area contributed by atoms with E-state index in [-0.39, 0.29) is 5.69 Å². The summed E-state index contributed by atoms with van der Waals surface area (Å²) in [4.78, 5) is 10.5. The maximum absolute atomic E-state index is 10.9. The minimum atomic E-state index is -0.424. The zero-order valence-electron chi connectivity index (χ0n) is 14.9. The molecule has 25 heavy (non-hydrogen) atoms. The molecule has 2 aromatic carbocycles. The Morgan fingerprint density at radius 1 is 1.00 bits per heavy atom. The van der Waals surface area contributed by atoms with Crippen molar-refractivity contribution in [1.29, 1.82) is 0 Å². The second kappa shape index (κ2) is 8.07. The summed E-state index contributed by atoms with van der Waals surface area (Å²) in [5.41, 5.74) is 4.00. The lowest BCUT2D eigenvalue weighted by molar-refractivity contribution is -0.384. The zero-order chi connectivity index (χ0) is 18.6. The van der Waals surface area contributed by atoms with Gasteiger partial charge in [0.25, 0.3) is 5.69 Å². The van der Waals surface area contributed by atoms with Gasteiger partial charge in [-0.25, -0.2) is 0 Å². The molecule has 2 N–H and O–H groups in total. The Hall–Kier alpha value is -2.47. The number of anilines is 2. The van der Waals surface area contributed by atoms with Gasteiger partial charge >= 0.3 is 0 Å². The molecule has 0 aliphatic heterocycles. The molecule has 0 fully saturated rings. The van der Waals surface area contributed by atoms with E-state index in [0.717, 1.165) is 5.69 Å². The van der Waals surface area contributed by atoms with Crippen molar-refractivity contribution >= 4 is 34.4 Å². The number of hydrogen-bond acceptors (Lipinski definition) is 3. The summed E-state index contributed by atoms with van der Waals surface area (Å²) in [6, 6.07) is 12.5. The number of nitrogens with one attached hydrogen (secondary N) is 2. The van der Waals surface area contributed by atoms with Crippen LogP contribution in [0.1, 0.15) is 50.7 Å². The van der Waals surface area contributed by atoms with Crippen LogP contribution < -0.4 is 10.6 Å². The predicted octanol–water partition coefficient (Wildman–Crippen LogP) is 5.65. The number of nitro benzene ring substituents is 1. The summed E-state index contributed by atoms with van der Waals surface area (Å²) in [6.07, 6.45) is 0. The SMILES string of the molecule is CC(C)c1cccc(C(C)C)c1NC(=S)Nc1cccc([N+](=O)[O-])c1. The van der Waals surface area contributed by atoms with E-state index in [2.05, 4.69) is 56.5 Å². The molecule has 5 nitrogen and oxygen atoms in total. The molecular weight excluding hydrogens is 334 g/mol. The van der Waals surface area contributed by atoms with Crippen molar-refractivity contribution in [3.05, 3.63) is 63.7 Å². The molecule has 0 saturated carbocycles. The molecule has 0 aliphatic rings. The molecule has 0 spiro atoms. The number of rotatable bonds is 5. The van der Waals surface area contributed by atoms with Crippen LogP contribution in [0.2, 0.25) is 0 Å². The number of hydrogen-bond donors (Lipinski definition) is 2. The zero-order valence-corrected chi connectivity index (χ0v) is 15.7. The van der Waals surface area contributed by atoms with Crippen molar-refractivity contribution in [2.75, 3.05) is 10.6 Å². The molecule has 132 valence electrons. The Balaban J connectivity index is 2.26. The molecular formula is C19H23N3O2S. The lowest BCUT2D eigenvalue weighted by atomic mass is 9.93. The number of nitro groups is 1. The van der Waals surface area contributed by atoms with Crippen LogP contribution in [-0.2, 0) is 0 Å². The Bertz CT molecular complexity index is 762. The first-order chi connectivity index (χ1) is 11.8. The first-order valence-electron chi connectivity index (χ1n) is 8.25. The molecule has 0 atom stereocenters. The van der Waals surface area contributed by atoms with E-state index in [1.807, 2.05) is 0 Å². The van der Waals surface area contributed by atoms with Crippen LogP contribution in [0.4, 0.5) is 17.1 Å². The molecule has 0 heterocycles. The standard InChI is InChI=1S/C19H23N3O2S/c1-12(2)16-9-6-10-17(13(3)4)18(16)21-19(25)20-14-7-5-8-15(11-14)22(23)24/h5-13H,1-4H3,(H2,20,21,25). The van der Waals surface area contributed by atoms with Crippen LogP contribution in [0, 0.1) is 10.1 Å². The third-order valence-electron chi connectivity index (χ3n) is 3.93. The number of non-ortho nitro benzene ring substituents is 1. The summed E-state index contributed by atoms with van der Waals surface area (Å²) >= 11 is 5.43. The van der Waals surface area contributed by atoms with Crippen molar-refractivity contribution in [3.63, 3.8) is 0 Å². The van der Waals surface area contributed by atoms with Crippen LogP contribution in [0.3, 0.4) is 0 Å². The smallest absolute Gasteiger partial charge is 0.271 e. The van der Waals surface area contributed by atoms with Gasteiger partial charge in [-0.1, -0.05) is 52.0 Å². The molecule has 0 amide bonds. The quantitative estimate of drug-likeness (QED) is 0.411. The highest BCUT2D eigenvalue weighted by molar-refractivity contribution is 7.80. The van der Waals surface area contributed by atoms with Gasteiger partial charge < -0.3 is 10.6 Å². The molecule has 0 aliphatic carbocycles. The Morgan fingerprint density at radius 3 is 2.08 bits per heavy atom. The molecule has 0 radical (unpaired) electrons. The van der Waals surface area contributed by atoms with E-state index in [9.17, 15) is 10.1 Å². The maximum Gasteiger partial charge on any atom is 0.271 e. The number of thiocarbonyl (C=S) groups is 1. The number of benzene rings is 2. The normalized spacial score (nSPS) is 10.8. The Labute approximate surface area is 153 Å². The summed E-state index contributed by atoms with van der Waals surface area (Å²) in [7, 11) is 0. The fourth-order valence-electron chi connectivity index (χ4n) is 2.67. The van der Waals surface area contributed by atoms with Crippen LogP contribution in [-0.4, -0.2) is 10.0 Å². The van der Waals surface area contributed by atoms with Gasteiger partial charge in [0.2, 0.25) is 0 Å². The minimum Gasteiger partial charge on any atom is -0.332 e. The van der Waals surface area contributed by atoms with Gasteiger partial charge in [-0.05, 0) is 41.2 Å². The van der Waals surface area contributed by atoms with Gasteiger partial charge in [-0.15, -0.1) is 0 Å². The molecule has 0 aromatic heterocycles. The molecule has 6 heteroatoms. The Morgan fingerprint density at radius 2 is 1.56 bits per heavy atom. The Kier molecular flexibility index (Phi) is 6.09. The average Bonchev–Trinajstić information content (AvgIpc) is 2.54. The van der Waals surface area contributed by atoms with Crippen LogP contribution in [0.25, 0.3) is 0 Å². The highest BCUT2D eigenvalue weighted by Gasteiger charge is 2.15. The van der Waals surface area contributed by atoms with Crippen molar-refractivity contribution < 1.29 is 4.92 Å². The highest BCUT2D eigenvalue weighted by atomic mass is 32.1. The minimum absolute atomic E-state index is 0.0262. The highest BCUT2D eigenvalue weighted by Crippen LogP contribution is 2.32. The van der Waals surface area contributed by atoms with Gasteiger partial charge in [-0.2, -0.15) is 0 Å². The third kappa shape index (κ3) is 4.76. The molecule has 0 bridgehead atoms. The van der Waals surface area contributed by atoms with Gasteiger partial charge in [0, 0.05) is 23.5 Å². The van der Waals surface area contributed by atoms with Crippen molar-refractivity contribution in [3.8, 4) is 0 Å². The lowest BCUT2D eigenvalue weighted by Crippen LogP contribution is -2.21. The molecule has 0 saturated heterocycles. The summed E-state index contributed by atoms with van der Waals surface area (Å²) in [5.74, 6) is 0.698. The van der Waals surface area contributed by atoms with Gasteiger partial charge in [-0.3, -0.25) is 10.1 Å². The topological polar surface area (TPSA) is 67.2 Å². The summed E-state index contributed by atoms with van der Waals surface area (Å²) < 4.78 is 0. The molecule has 0 unspecified atom stereocenters. The third-order valence-corrected chi connectivity index (χ3v) is 4.13. The number of para-hydroxylation sites is 1. The predicted molar refractivity (Wildman–Crippen MR) is 108 cm³/mol. The van der Waals surface area contributed by atoms with Gasteiger partial charge in [0.15, 0.2) is 5.11 Å². The van der Waals surface area contributed by atoms with E-state index >= 15 is 0 Å². The van der Waals surface area contributed by atoms with Crippen molar-refractivity contribution in [1.82, 2.24) is 0 Å². The largest absolute Gasteiger partial charge is 0.332 e. The second-order valence-electron chi connectivity index (χ2n) is 6.51. The lowest BCUT2D eigenvalue weighted by Gasteiger charge is -2.21. The fraction of sp³-hybridized carbons (Fsp3) is 0.316. The monoisotopic (exact) mass is 357 g/mol. The van der Waals surface area contributed by atoms with Crippen LogP contribution in [0.5, 0.6) is 0 Å². The van der Waals surface area contributed by atoms with Crippen molar-refractivity contribution in [2.45, 2.75) is 39.5 Å². The van der Waals surface area contributed by atoms with Crippen LogP contribution in [0.15, 0.2) is 42.5 Å². The van der Waals surface area contributed by atoms with E-state index in [4.69, 9.17) is 12.2 Å². The van der Waals surface area contributed by atoms with E-state index in [0.29, 0.717) is 22.6 Å². The fourth-order valence-corrected chi connectivity index (χ4v) is 2.89. The maximum atomic E-state index is 10.9.